The molecular weight excluding hydrogens is 165 g/mol. The van der Waals surface area contributed by atoms with Crippen LogP contribution in [0.3, 0.4) is 0 Å². The van der Waals surface area contributed by atoms with E-state index in [1.807, 2.05) is 19.9 Å². The molecule has 0 saturated heterocycles. The Hall–Kier alpha value is -0.730. The molecule has 12 heavy (non-hydrogen) atoms. The first-order valence-corrected chi connectivity index (χ1v) is 3.88. The number of rotatable bonds is 3. The summed E-state index contributed by atoms with van der Waals surface area (Å²) >= 11 is 0. The Bertz CT molecular complexity index is 175. The summed E-state index contributed by atoms with van der Waals surface area (Å²) in [6.07, 6.45) is 0.331. The normalized spacial score (nSPS) is 14.2. The molecule has 70 valence electrons. The summed E-state index contributed by atoms with van der Waals surface area (Å²) in [4.78, 5) is 0. The monoisotopic (exact) mass is 178 g/mol. The molecule has 0 rings (SSSR count). The second-order valence-corrected chi connectivity index (χ2v) is 2.44. The quantitative estimate of drug-likeness (QED) is 0.576. The van der Waals surface area contributed by atoms with Crippen molar-refractivity contribution in [2.45, 2.75) is 32.9 Å². The Morgan fingerprint density at radius 2 is 1.92 bits per heavy atom. The highest BCUT2D eigenvalue weighted by Crippen LogP contribution is 2.20. The van der Waals surface area contributed by atoms with Gasteiger partial charge in [0.1, 0.15) is 0 Å². The summed E-state index contributed by atoms with van der Waals surface area (Å²) in [7, 11) is 0. The fourth-order valence-corrected chi connectivity index (χ4v) is 0.762. The van der Waals surface area contributed by atoms with Crippen molar-refractivity contribution in [2.24, 2.45) is 0 Å². The predicted molar refractivity (Wildman–Crippen MR) is 43.9 cm³/mol. The lowest BCUT2D eigenvalue weighted by molar-refractivity contribution is -0.125. The average Bonchev–Trinajstić information content (AvgIpc) is 1.96. The van der Waals surface area contributed by atoms with E-state index in [9.17, 15) is 13.2 Å². The van der Waals surface area contributed by atoms with Gasteiger partial charge in [-0.3, -0.25) is 0 Å². The van der Waals surface area contributed by atoms with Crippen LogP contribution in [0.2, 0.25) is 0 Å². The highest BCUT2D eigenvalue weighted by molar-refractivity contribution is 5.17. The summed E-state index contributed by atoms with van der Waals surface area (Å²) in [6.45, 7) is 3.73. The van der Waals surface area contributed by atoms with E-state index < -0.39 is 12.6 Å². The van der Waals surface area contributed by atoms with Crippen molar-refractivity contribution in [2.75, 3.05) is 0 Å². The first-order chi connectivity index (χ1) is 5.49. The molecule has 0 N–H and O–H groups in total. The Morgan fingerprint density at radius 3 is 2.25 bits per heavy atom. The Balaban J connectivity index is 3.92. The summed E-state index contributed by atoms with van der Waals surface area (Å²) in [5, 5.41) is 0. The van der Waals surface area contributed by atoms with E-state index in [1.165, 1.54) is 6.08 Å². The van der Waals surface area contributed by atoms with Gasteiger partial charge in [-0.1, -0.05) is 30.7 Å². The molecule has 0 aliphatic rings. The predicted octanol–water partition coefficient (Wildman–Crippen LogP) is 3.85. The molecule has 3 heteroatoms. The highest BCUT2D eigenvalue weighted by Gasteiger charge is 2.24. The fraction of sp³-hybridized carbons (Fsp3) is 0.556. The summed E-state index contributed by atoms with van der Waals surface area (Å²) in [6, 6.07) is 0. The zero-order valence-corrected chi connectivity index (χ0v) is 7.28. The van der Waals surface area contributed by atoms with Crippen LogP contribution >= 0.6 is 0 Å². The van der Waals surface area contributed by atoms with E-state index in [1.54, 1.807) is 0 Å². The minimum absolute atomic E-state index is 0.769. The summed E-state index contributed by atoms with van der Waals surface area (Å²) in [5.74, 6) is 0. The van der Waals surface area contributed by atoms with Crippen molar-refractivity contribution in [1.82, 2.24) is 0 Å². The first-order valence-electron chi connectivity index (χ1n) is 3.88. The summed E-state index contributed by atoms with van der Waals surface area (Å²) in [5.41, 5.74) is 0.930. The first kappa shape index (κ1) is 11.3. The van der Waals surface area contributed by atoms with Crippen molar-refractivity contribution in [3.8, 4) is 0 Å². The largest absolute Gasteiger partial charge is 0.392 e. The van der Waals surface area contributed by atoms with Crippen LogP contribution in [0, 0.1) is 0 Å². The number of allylic oxidation sites excluding steroid dienone is 4. The van der Waals surface area contributed by atoms with E-state index in [2.05, 4.69) is 0 Å². The zero-order chi connectivity index (χ0) is 9.61. The van der Waals surface area contributed by atoms with Gasteiger partial charge in [0, 0.05) is 0 Å². The lowest BCUT2D eigenvalue weighted by Gasteiger charge is -2.00. The number of halogens is 3. The maximum atomic E-state index is 11.6. The molecule has 0 radical (unpaired) electrons. The van der Waals surface area contributed by atoms with Crippen LogP contribution in [-0.2, 0) is 0 Å². The molecule has 0 aromatic heterocycles. The van der Waals surface area contributed by atoms with E-state index in [4.69, 9.17) is 0 Å². The molecule has 0 nitrogen and oxygen atoms in total. The number of hydrogen-bond acceptors (Lipinski definition) is 0. The molecule has 0 heterocycles. The van der Waals surface area contributed by atoms with Gasteiger partial charge in [0.25, 0.3) is 0 Å². The summed E-state index contributed by atoms with van der Waals surface area (Å²) < 4.78 is 34.9. The van der Waals surface area contributed by atoms with E-state index in [0.29, 0.717) is 0 Å². The molecule has 0 atom stereocenters. The van der Waals surface area contributed by atoms with Gasteiger partial charge in [-0.2, -0.15) is 13.2 Å². The van der Waals surface area contributed by atoms with E-state index in [-0.39, 0.29) is 0 Å². The molecule has 0 aromatic carbocycles. The van der Waals surface area contributed by atoms with Gasteiger partial charge in [0.15, 0.2) is 0 Å². The third-order valence-electron chi connectivity index (χ3n) is 1.46. The van der Waals surface area contributed by atoms with E-state index in [0.717, 1.165) is 18.1 Å². The van der Waals surface area contributed by atoms with Crippen molar-refractivity contribution in [1.29, 1.82) is 0 Å². The molecule has 0 aliphatic carbocycles. The van der Waals surface area contributed by atoms with Crippen LogP contribution < -0.4 is 0 Å². The highest BCUT2D eigenvalue weighted by atomic mass is 19.4. The van der Waals surface area contributed by atoms with Crippen molar-refractivity contribution in [3.63, 3.8) is 0 Å². The van der Waals surface area contributed by atoms with Crippen LogP contribution in [-0.4, -0.2) is 6.18 Å². The molecule has 0 amide bonds. The van der Waals surface area contributed by atoms with E-state index >= 15 is 0 Å². The van der Waals surface area contributed by atoms with Gasteiger partial charge in [0.05, 0.1) is 6.42 Å². The molecule has 0 bridgehead atoms. The fourth-order valence-electron chi connectivity index (χ4n) is 0.762. The van der Waals surface area contributed by atoms with Crippen LogP contribution in [0.1, 0.15) is 26.7 Å². The Kier molecular flexibility index (Phi) is 4.71. The van der Waals surface area contributed by atoms with Crippen LogP contribution in [0.5, 0.6) is 0 Å². The lowest BCUT2D eigenvalue weighted by Crippen LogP contribution is -2.04. The maximum Gasteiger partial charge on any atom is 0.392 e. The molecule has 0 saturated carbocycles. The number of hydrogen-bond donors (Lipinski definition) is 0. The third kappa shape index (κ3) is 6.01. The number of alkyl halides is 3. The lowest BCUT2D eigenvalue weighted by atomic mass is 10.2. The third-order valence-corrected chi connectivity index (χ3v) is 1.46. The van der Waals surface area contributed by atoms with Crippen LogP contribution in [0.25, 0.3) is 0 Å². The molecule has 0 fully saturated rings. The van der Waals surface area contributed by atoms with Crippen molar-refractivity contribution >= 4 is 0 Å². The Morgan fingerprint density at radius 1 is 1.33 bits per heavy atom. The van der Waals surface area contributed by atoms with Crippen LogP contribution in [0.15, 0.2) is 23.8 Å². The zero-order valence-electron chi connectivity index (χ0n) is 7.28. The second kappa shape index (κ2) is 5.01. The molecular formula is C9H13F3. The van der Waals surface area contributed by atoms with Gasteiger partial charge in [-0.15, -0.1) is 0 Å². The van der Waals surface area contributed by atoms with Gasteiger partial charge < -0.3 is 0 Å². The minimum atomic E-state index is -4.08. The molecule has 0 unspecified atom stereocenters. The average molecular weight is 178 g/mol. The Labute approximate surface area is 70.8 Å². The van der Waals surface area contributed by atoms with Crippen molar-refractivity contribution in [3.05, 3.63) is 23.8 Å². The van der Waals surface area contributed by atoms with Gasteiger partial charge in [-0.25, -0.2) is 0 Å². The maximum absolute atomic E-state index is 11.6. The smallest absolute Gasteiger partial charge is 0.171 e. The molecule has 0 aliphatic heterocycles. The topological polar surface area (TPSA) is 0 Å². The molecule has 0 aromatic rings. The van der Waals surface area contributed by atoms with Crippen molar-refractivity contribution < 1.29 is 13.2 Å². The van der Waals surface area contributed by atoms with Gasteiger partial charge >= 0.3 is 6.18 Å². The standard InChI is InChI=1S/C9H13F3/c1-3-8(4-2)6-5-7-9(10,11)12/h3,5-6H,4,7H2,1-2H3/b6-5-,8-3-. The SMILES string of the molecule is C/C=C(\C=C/CC(F)(F)F)CC. The van der Waals surface area contributed by atoms with Gasteiger partial charge in [-0.05, 0) is 13.3 Å². The second-order valence-electron chi connectivity index (χ2n) is 2.44. The van der Waals surface area contributed by atoms with Gasteiger partial charge in [0.2, 0.25) is 0 Å². The minimum Gasteiger partial charge on any atom is -0.171 e. The molecule has 0 spiro atoms. The van der Waals surface area contributed by atoms with Crippen LogP contribution in [0.4, 0.5) is 13.2 Å².